The summed E-state index contributed by atoms with van der Waals surface area (Å²) >= 11 is 0. The summed E-state index contributed by atoms with van der Waals surface area (Å²) in [7, 11) is 1.83. The summed E-state index contributed by atoms with van der Waals surface area (Å²) < 4.78 is 1.70. The second-order valence-corrected chi connectivity index (χ2v) is 6.62. The number of nitrogens with two attached hydrogens (primary N) is 1. The van der Waals surface area contributed by atoms with E-state index in [-0.39, 0.29) is 0 Å². The van der Waals surface area contributed by atoms with Crippen LogP contribution in [0, 0.1) is 0 Å². The van der Waals surface area contributed by atoms with Crippen LogP contribution < -0.4 is 5.73 Å². The maximum atomic E-state index is 11.9. The van der Waals surface area contributed by atoms with Crippen LogP contribution in [-0.2, 0) is 7.05 Å². The van der Waals surface area contributed by atoms with E-state index in [4.69, 9.17) is 5.73 Å². The lowest BCUT2D eigenvalue weighted by atomic mass is 9.96. The Hall–Kier alpha value is -3.55. The van der Waals surface area contributed by atoms with E-state index >= 15 is 0 Å². The number of aromatic nitrogens is 3. The number of carboxylic acid groups (broad SMARTS) is 1. The molecule has 0 radical (unpaired) electrons. The van der Waals surface area contributed by atoms with Crippen molar-refractivity contribution in [1.29, 1.82) is 0 Å². The monoisotopic (exact) mass is 365 g/mol. The molecular weight excluding hydrogens is 346 g/mol. The lowest BCUT2D eigenvalue weighted by molar-refractivity contribution is 0.100. The van der Waals surface area contributed by atoms with Crippen molar-refractivity contribution in [3.63, 3.8) is 0 Å². The van der Waals surface area contributed by atoms with Gasteiger partial charge in [0.2, 0.25) is 0 Å². The molecular formula is C19H19N5O3. The Kier molecular flexibility index (Phi) is 3.95. The molecule has 3 aromatic rings. The minimum absolute atomic E-state index is 0.313. The first-order valence-corrected chi connectivity index (χ1v) is 8.56. The zero-order valence-electron chi connectivity index (χ0n) is 14.8. The van der Waals surface area contributed by atoms with E-state index in [1.54, 1.807) is 16.9 Å². The molecule has 27 heavy (non-hydrogen) atoms. The number of amides is 2. The molecule has 0 spiro atoms. The number of primary amides is 1. The highest BCUT2D eigenvalue weighted by Gasteiger charge is 2.21. The van der Waals surface area contributed by atoms with Gasteiger partial charge in [0.15, 0.2) is 0 Å². The Morgan fingerprint density at radius 3 is 2.81 bits per heavy atom. The van der Waals surface area contributed by atoms with Crippen molar-refractivity contribution >= 4 is 28.5 Å². The Morgan fingerprint density at radius 2 is 2.15 bits per heavy atom. The fourth-order valence-corrected chi connectivity index (χ4v) is 3.52. The van der Waals surface area contributed by atoms with Crippen molar-refractivity contribution in [2.24, 2.45) is 12.8 Å². The van der Waals surface area contributed by atoms with Gasteiger partial charge in [-0.3, -0.25) is 9.48 Å². The van der Waals surface area contributed by atoms with Crippen LogP contribution in [0.15, 0.2) is 36.7 Å². The minimum Gasteiger partial charge on any atom is -0.465 e. The van der Waals surface area contributed by atoms with Gasteiger partial charge in [0, 0.05) is 43.0 Å². The molecule has 2 amide bonds. The number of nitrogens with one attached hydrogen (secondary N) is 1. The van der Waals surface area contributed by atoms with Crippen molar-refractivity contribution in [3.8, 4) is 11.3 Å². The zero-order valence-corrected chi connectivity index (χ0v) is 14.8. The lowest BCUT2D eigenvalue weighted by Crippen LogP contribution is -2.34. The molecule has 2 aromatic heterocycles. The minimum atomic E-state index is -0.935. The number of rotatable bonds is 3. The molecule has 0 unspecified atom stereocenters. The van der Waals surface area contributed by atoms with E-state index in [9.17, 15) is 14.7 Å². The molecule has 4 N–H and O–H groups in total. The van der Waals surface area contributed by atoms with Crippen LogP contribution >= 0.6 is 0 Å². The number of fused-ring (bicyclic) bond motifs is 1. The molecule has 1 aromatic carbocycles. The van der Waals surface area contributed by atoms with E-state index < -0.39 is 12.0 Å². The second-order valence-electron chi connectivity index (χ2n) is 6.62. The largest absolute Gasteiger partial charge is 0.465 e. The number of hydrogen-bond acceptors (Lipinski definition) is 3. The Labute approximate surface area is 154 Å². The number of aryl methyl sites for hydroxylation is 1. The molecule has 4 rings (SSSR count). The third-order valence-electron chi connectivity index (χ3n) is 4.84. The van der Waals surface area contributed by atoms with Gasteiger partial charge in [-0.05, 0) is 29.7 Å². The number of carbonyl (C=O) groups is 2. The average molecular weight is 365 g/mol. The number of nitrogens with zero attached hydrogens (tertiary/aromatic N) is 3. The molecule has 1 aliphatic rings. The molecule has 0 fully saturated rings. The van der Waals surface area contributed by atoms with Gasteiger partial charge in [-0.15, -0.1) is 0 Å². The van der Waals surface area contributed by atoms with Gasteiger partial charge >= 0.3 is 6.09 Å². The fourth-order valence-electron chi connectivity index (χ4n) is 3.52. The van der Waals surface area contributed by atoms with Crippen molar-refractivity contribution in [1.82, 2.24) is 19.7 Å². The molecule has 0 saturated heterocycles. The van der Waals surface area contributed by atoms with E-state index in [0.717, 1.165) is 27.8 Å². The predicted molar refractivity (Wildman–Crippen MR) is 101 cm³/mol. The third-order valence-corrected chi connectivity index (χ3v) is 4.84. The second kappa shape index (κ2) is 6.31. The first-order valence-electron chi connectivity index (χ1n) is 8.56. The smallest absolute Gasteiger partial charge is 0.407 e. The third kappa shape index (κ3) is 2.95. The molecule has 138 valence electrons. The Balaban J connectivity index is 1.88. The van der Waals surface area contributed by atoms with E-state index in [2.05, 4.69) is 16.2 Å². The quantitative estimate of drug-likeness (QED) is 0.661. The first-order chi connectivity index (χ1) is 12.9. The van der Waals surface area contributed by atoms with E-state index in [0.29, 0.717) is 30.6 Å². The molecule has 0 bridgehead atoms. The van der Waals surface area contributed by atoms with Gasteiger partial charge in [0.25, 0.3) is 5.91 Å². The Bertz CT molecular complexity index is 1090. The van der Waals surface area contributed by atoms with Crippen LogP contribution in [-0.4, -0.2) is 49.9 Å². The van der Waals surface area contributed by atoms with Gasteiger partial charge in [-0.25, -0.2) is 4.79 Å². The summed E-state index contributed by atoms with van der Waals surface area (Å²) in [4.78, 5) is 27.9. The van der Waals surface area contributed by atoms with E-state index in [1.807, 2.05) is 25.4 Å². The van der Waals surface area contributed by atoms with Crippen LogP contribution in [0.1, 0.15) is 22.3 Å². The fraction of sp³-hybridized carbons (Fsp3) is 0.211. The molecule has 0 aliphatic carbocycles. The summed E-state index contributed by atoms with van der Waals surface area (Å²) in [5, 5.41) is 14.3. The summed E-state index contributed by atoms with van der Waals surface area (Å²) in [6.07, 6.45) is 5.38. The highest BCUT2D eigenvalue weighted by Crippen LogP contribution is 2.33. The number of hydrogen-bond donors (Lipinski definition) is 3. The lowest BCUT2D eigenvalue weighted by Gasteiger charge is -2.25. The highest BCUT2D eigenvalue weighted by molar-refractivity contribution is 6.09. The van der Waals surface area contributed by atoms with Gasteiger partial charge < -0.3 is 20.7 Å². The summed E-state index contributed by atoms with van der Waals surface area (Å²) in [5.74, 6) is -0.518. The van der Waals surface area contributed by atoms with Crippen LogP contribution in [0.3, 0.4) is 0 Å². The van der Waals surface area contributed by atoms with Crippen LogP contribution in [0.25, 0.3) is 27.7 Å². The predicted octanol–water partition coefficient (Wildman–Crippen LogP) is 2.43. The van der Waals surface area contributed by atoms with Gasteiger partial charge in [-0.2, -0.15) is 5.10 Å². The summed E-state index contributed by atoms with van der Waals surface area (Å²) in [6.45, 7) is 0.795. The molecule has 1 aliphatic heterocycles. The summed E-state index contributed by atoms with van der Waals surface area (Å²) in [6, 6.07) is 5.47. The average Bonchev–Trinajstić information content (AvgIpc) is 3.27. The zero-order chi connectivity index (χ0) is 19.1. The van der Waals surface area contributed by atoms with Crippen molar-refractivity contribution < 1.29 is 14.7 Å². The van der Waals surface area contributed by atoms with Crippen LogP contribution in [0.5, 0.6) is 0 Å². The highest BCUT2D eigenvalue weighted by atomic mass is 16.4. The number of H-pyrrole nitrogens is 1. The van der Waals surface area contributed by atoms with Crippen LogP contribution in [0.4, 0.5) is 4.79 Å². The topological polar surface area (TPSA) is 117 Å². The molecule has 0 saturated carbocycles. The van der Waals surface area contributed by atoms with Crippen molar-refractivity contribution in [2.45, 2.75) is 6.42 Å². The van der Waals surface area contributed by atoms with Crippen LogP contribution in [0.2, 0.25) is 0 Å². The number of aromatic amines is 1. The summed E-state index contributed by atoms with van der Waals surface area (Å²) in [5.41, 5.74) is 10.1. The SMILES string of the molecule is Cn1cc(-c2cc3c(C4=CCCN(C(=O)O)C4)ccc(C(N)=O)c3[nH]2)cn1. The standard InChI is InChI=1S/C19H19N5O3/c1-23-9-12(8-21-23)16-7-15-13(4-5-14(18(20)25)17(15)22-16)11-3-2-6-24(10-11)19(26)27/h3-5,7-9,22H,2,6,10H2,1H3,(H2,20,25)(H,26,27). The first kappa shape index (κ1) is 16.9. The maximum absolute atomic E-state index is 11.9. The van der Waals surface area contributed by atoms with Gasteiger partial charge in [0.05, 0.1) is 17.3 Å². The molecule has 0 atom stereocenters. The molecule has 3 heterocycles. The maximum Gasteiger partial charge on any atom is 0.407 e. The van der Waals surface area contributed by atoms with E-state index in [1.165, 1.54) is 4.90 Å². The van der Waals surface area contributed by atoms with Crippen molar-refractivity contribution in [2.75, 3.05) is 13.1 Å². The Morgan fingerprint density at radius 1 is 1.33 bits per heavy atom. The number of carbonyl (C=O) groups excluding carboxylic acids is 1. The normalized spacial score (nSPS) is 14.4. The molecule has 8 nitrogen and oxygen atoms in total. The number of benzene rings is 1. The molecule has 8 heteroatoms. The van der Waals surface area contributed by atoms with Gasteiger partial charge in [-0.1, -0.05) is 12.1 Å². The van der Waals surface area contributed by atoms with Crippen molar-refractivity contribution in [3.05, 3.63) is 47.8 Å². The van der Waals surface area contributed by atoms with Gasteiger partial charge in [0.1, 0.15) is 0 Å².